The number of rotatable bonds is 17. The van der Waals surface area contributed by atoms with Gasteiger partial charge in [-0.25, -0.2) is 0 Å². The van der Waals surface area contributed by atoms with Gasteiger partial charge in [0.1, 0.15) is 0 Å². The Morgan fingerprint density at radius 3 is 1.68 bits per heavy atom. The van der Waals surface area contributed by atoms with Crippen LogP contribution in [0.25, 0.3) is 0 Å². The summed E-state index contributed by atoms with van der Waals surface area (Å²) in [7, 11) is -0.492. The molecule has 0 saturated carbocycles. The summed E-state index contributed by atoms with van der Waals surface area (Å²) in [6.07, 6.45) is 19.9. The lowest BCUT2D eigenvalue weighted by Gasteiger charge is -2.17. The van der Waals surface area contributed by atoms with Crippen molar-refractivity contribution in [3.8, 4) is 0 Å². The van der Waals surface area contributed by atoms with Gasteiger partial charge in [-0.15, -0.1) is 0 Å². The highest BCUT2D eigenvalue weighted by atomic mass is 28.3. The first kappa shape index (κ1) is 22.2. The molecular weight excluding hydrogens is 284 g/mol. The lowest BCUT2D eigenvalue weighted by Crippen LogP contribution is -2.12. The normalized spacial score (nSPS) is 13.0. The second-order valence-corrected chi connectivity index (χ2v) is 9.28. The fourth-order valence-corrected chi connectivity index (χ4v) is 3.63. The molecule has 0 aliphatic carbocycles. The van der Waals surface area contributed by atoms with E-state index in [4.69, 9.17) is 4.43 Å². The van der Waals surface area contributed by atoms with Crippen LogP contribution in [-0.2, 0) is 4.43 Å². The smallest absolute Gasteiger partial charge is 0.204 e. The Balaban J connectivity index is 3.52. The largest absolute Gasteiger partial charge is 0.417 e. The second-order valence-electron chi connectivity index (χ2n) is 7.17. The van der Waals surface area contributed by atoms with Crippen molar-refractivity contribution in [2.75, 3.05) is 6.61 Å². The molecule has 2 heteroatoms. The Labute approximate surface area is 143 Å². The zero-order valence-corrected chi connectivity index (χ0v) is 17.1. The molecule has 1 atom stereocenters. The summed E-state index contributed by atoms with van der Waals surface area (Å²) in [6, 6.07) is 0. The van der Waals surface area contributed by atoms with E-state index < -0.39 is 9.04 Å². The SMILES string of the molecule is CCCCCCCCCCCC(CCCC)CCO[Si](C)C. The minimum atomic E-state index is -0.492. The van der Waals surface area contributed by atoms with Gasteiger partial charge in [-0.3, -0.25) is 0 Å². The predicted octanol–water partition coefficient (Wildman–Crippen LogP) is 7.37. The monoisotopic (exact) mass is 327 g/mol. The van der Waals surface area contributed by atoms with Crippen LogP contribution in [0, 0.1) is 5.92 Å². The molecule has 1 nitrogen and oxygen atoms in total. The van der Waals surface area contributed by atoms with E-state index in [2.05, 4.69) is 26.9 Å². The lowest BCUT2D eigenvalue weighted by molar-refractivity contribution is 0.264. The second kappa shape index (κ2) is 17.5. The molecule has 0 spiro atoms. The molecule has 0 aliphatic heterocycles. The van der Waals surface area contributed by atoms with Gasteiger partial charge in [-0.05, 0) is 25.4 Å². The van der Waals surface area contributed by atoms with Crippen molar-refractivity contribution in [1.82, 2.24) is 0 Å². The third-order valence-corrected chi connectivity index (χ3v) is 5.38. The first-order valence-electron chi connectivity index (χ1n) is 10.1. The summed E-state index contributed by atoms with van der Waals surface area (Å²) in [5.74, 6) is 0.922. The Kier molecular flexibility index (Phi) is 17.7. The van der Waals surface area contributed by atoms with Crippen molar-refractivity contribution in [2.24, 2.45) is 5.92 Å². The van der Waals surface area contributed by atoms with Gasteiger partial charge in [0.2, 0.25) is 9.04 Å². The minimum absolute atomic E-state index is 0.492. The molecule has 0 saturated heterocycles. The van der Waals surface area contributed by atoms with Gasteiger partial charge >= 0.3 is 0 Å². The standard InChI is InChI=1S/C20H43OSi/c1-5-7-9-10-11-12-13-14-15-17-20(16-8-6-2)18-19-21-22(3)4/h20H,5-19H2,1-4H3. The molecule has 1 unspecified atom stereocenters. The maximum atomic E-state index is 5.85. The maximum absolute atomic E-state index is 5.85. The molecule has 1 radical (unpaired) electrons. The van der Waals surface area contributed by atoms with Crippen LogP contribution in [0.2, 0.25) is 13.1 Å². The summed E-state index contributed by atoms with van der Waals surface area (Å²) < 4.78 is 5.85. The van der Waals surface area contributed by atoms with E-state index in [1.165, 1.54) is 89.9 Å². The summed E-state index contributed by atoms with van der Waals surface area (Å²) in [5, 5.41) is 0. The Morgan fingerprint density at radius 1 is 0.636 bits per heavy atom. The van der Waals surface area contributed by atoms with Crippen molar-refractivity contribution < 1.29 is 4.43 Å². The summed E-state index contributed by atoms with van der Waals surface area (Å²) >= 11 is 0. The van der Waals surface area contributed by atoms with Crippen molar-refractivity contribution >= 4 is 9.04 Å². The minimum Gasteiger partial charge on any atom is -0.417 e. The molecule has 0 aromatic carbocycles. The summed E-state index contributed by atoms with van der Waals surface area (Å²) in [4.78, 5) is 0. The highest BCUT2D eigenvalue weighted by molar-refractivity contribution is 6.48. The van der Waals surface area contributed by atoms with E-state index in [0.29, 0.717) is 0 Å². The summed E-state index contributed by atoms with van der Waals surface area (Å²) in [6.45, 7) is 10.1. The highest BCUT2D eigenvalue weighted by Gasteiger charge is 2.09. The average Bonchev–Trinajstić information content (AvgIpc) is 2.50. The zero-order valence-electron chi connectivity index (χ0n) is 16.1. The average molecular weight is 328 g/mol. The van der Waals surface area contributed by atoms with Gasteiger partial charge in [-0.2, -0.15) is 0 Å². The third-order valence-electron chi connectivity index (χ3n) is 4.60. The van der Waals surface area contributed by atoms with E-state index in [0.717, 1.165) is 12.5 Å². The Bertz CT molecular complexity index is 206. The quantitative estimate of drug-likeness (QED) is 0.200. The van der Waals surface area contributed by atoms with Crippen LogP contribution in [0.4, 0.5) is 0 Å². The number of hydrogen-bond acceptors (Lipinski definition) is 1. The van der Waals surface area contributed by atoms with Crippen LogP contribution >= 0.6 is 0 Å². The van der Waals surface area contributed by atoms with E-state index in [9.17, 15) is 0 Å². The topological polar surface area (TPSA) is 9.23 Å². The molecule has 0 bridgehead atoms. The molecule has 0 N–H and O–H groups in total. The Hall–Kier alpha value is 0.177. The van der Waals surface area contributed by atoms with Gasteiger partial charge in [0, 0.05) is 6.61 Å². The van der Waals surface area contributed by atoms with Crippen LogP contribution in [0.3, 0.4) is 0 Å². The molecule has 0 aromatic heterocycles. The molecule has 22 heavy (non-hydrogen) atoms. The predicted molar refractivity (Wildman–Crippen MR) is 103 cm³/mol. The van der Waals surface area contributed by atoms with Gasteiger partial charge in [0.05, 0.1) is 0 Å². The fourth-order valence-electron chi connectivity index (χ4n) is 3.10. The van der Waals surface area contributed by atoms with Crippen LogP contribution in [0.15, 0.2) is 0 Å². The van der Waals surface area contributed by atoms with Gasteiger partial charge in [0.25, 0.3) is 0 Å². The van der Waals surface area contributed by atoms with Gasteiger partial charge in [-0.1, -0.05) is 97.3 Å². The van der Waals surface area contributed by atoms with E-state index in [1.54, 1.807) is 0 Å². The zero-order chi connectivity index (χ0) is 16.5. The molecule has 0 amide bonds. The number of unbranched alkanes of at least 4 members (excludes halogenated alkanes) is 9. The van der Waals surface area contributed by atoms with Crippen molar-refractivity contribution in [1.29, 1.82) is 0 Å². The van der Waals surface area contributed by atoms with Crippen LogP contribution in [0.1, 0.15) is 104 Å². The van der Waals surface area contributed by atoms with E-state index in [1.807, 2.05) is 0 Å². The molecule has 133 valence electrons. The van der Waals surface area contributed by atoms with Crippen LogP contribution < -0.4 is 0 Å². The highest BCUT2D eigenvalue weighted by Crippen LogP contribution is 2.21. The fraction of sp³-hybridized carbons (Fsp3) is 1.00. The Morgan fingerprint density at radius 2 is 1.14 bits per heavy atom. The molecule has 0 aliphatic rings. The van der Waals surface area contributed by atoms with Gasteiger partial charge in [0.15, 0.2) is 0 Å². The van der Waals surface area contributed by atoms with Crippen LogP contribution in [0.5, 0.6) is 0 Å². The van der Waals surface area contributed by atoms with E-state index >= 15 is 0 Å². The molecule has 0 rings (SSSR count). The molecular formula is C20H43OSi. The molecule has 0 fully saturated rings. The molecule has 0 aromatic rings. The third kappa shape index (κ3) is 16.5. The van der Waals surface area contributed by atoms with Crippen LogP contribution in [-0.4, -0.2) is 15.6 Å². The van der Waals surface area contributed by atoms with Crippen molar-refractivity contribution in [3.63, 3.8) is 0 Å². The lowest BCUT2D eigenvalue weighted by atomic mass is 9.92. The molecule has 0 heterocycles. The van der Waals surface area contributed by atoms with Crippen molar-refractivity contribution in [2.45, 2.75) is 117 Å². The first-order valence-corrected chi connectivity index (χ1v) is 12.5. The van der Waals surface area contributed by atoms with Gasteiger partial charge < -0.3 is 4.43 Å². The van der Waals surface area contributed by atoms with Crippen molar-refractivity contribution in [3.05, 3.63) is 0 Å². The first-order chi connectivity index (χ1) is 10.7. The number of hydrogen-bond donors (Lipinski definition) is 0. The summed E-state index contributed by atoms with van der Waals surface area (Å²) in [5.41, 5.74) is 0. The maximum Gasteiger partial charge on any atom is 0.204 e. The van der Waals surface area contributed by atoms with E-state index in [-0.39, 0.29) is 0 Å².